The van der Waals surface area contributed by atoms with Crippen LogP contribution in [-0.4, -0.2) is 23.7 Å². The second-order valence-electron chi connectivity index (χ2n) is 6.30. The third kappa shape index (κ3) is 3.61. The fraction of sp³-hybridized carbons (Fsp3) is 0.182. The van der Waals surface area contributed by atoms with Crippen molar-refractivity contribution in [2.24, 2.45) is 4.99 Å². The Morgan fingerprint density at radius 1 is 1.11 bits per heavy atom. The maximum Gasteiger partial charge on any atom is 0.279 e. The number of fused-ring (bicyclic) bond motifs is 2. The molecule has 0 radical (unpaired) electrons. The van der Waals surface area contributed by atoms with E-state index in [0.29, 0.717) is 35.6 Å². The lowest BCUT2D eigenvalue weighted by Crippen LogP contribution is -2.20. The summed E-state index contributed by atoms with van der Waals surface area (Å²) < 4.78 is 22.3. The van der Waals surface area contributed by atoms with Gasteiger partial charge in [0.05, 0.1) is 16.8 Å². The molecule has 0 bridgehead atoms. The molecule has 0 aliphatic carbocycles. The van der Waals surface area contributed by atoms with Gasteiger partial charge < -0.3 is 9.30 Å². The van der Waals surface area contributed by atoms with Gasteiger partial charge in [0.15, 0.2) is 4.80 Å². The van der Waals surface area contributed by atoms with Crippen molar-refractivity contribution >= 4 is 38.2 Å². The lowest BCUT2D eigenvalue weighted by Gasteiger charge is -2.06. The zero-order valence-electron chi connectivity index (χ0n) is 15.4. The van der Waals surface area contributed by atoms with E-state index in [1.807, 2.05) is 49.4 Å². The molecule has 0 saturated heterocycles. The maximum atomic E-state index is 14.4. The summed E-state index contributed by atoms with van der Waals surface area (Å²) in [6, 6.07) is 18.3. The molecule has 0 aliphatic heterocycles. The van der Waals surface area contributed by atoms with Gasteiger partial charge in [0.2, 0.25) is 0 Å². The highest BCUT2D eigenvalue weighted by Gasteiger charge is 2.13. The van der Waals surface area contributed by atoms with Crippen LogP contribution in [0.3, 0.4) is 0 Å². The van der Waals surface area contributed by atoms with E-state index in [1.54, 1.807) is 16.7 Å². The minimum atomic E-state index is -0.345. The first-order valence-corrected chi connectivity index (χ1v) is 9.92. The number of amides is 1. The van der Waals surface area contributed by atoms with Crippen LogP contribution in [0.1, 0.15) is 17.3 Å². The van der Waals surface area contributed by atoms with Gasteiger partial charge in [-0.05, 0) is 42.0 Å². The van der Waals surface area contributed by atoms with Crippen molar-refractivity contribution in [1.82, 2.24) is 4.57 Å². The number of rotatable bonds is 5. The van der Waals surface area contributed by atoms with E-state index < -0.39 is 0 Å². The molecule has 0 saturated carbocycles. The van der Waals surface area contributed by atoms with Crippen molar-refractivity contribution in [2.45, 2.75) is 13.5 Å². The van der Waals surface area contributed by atoms with E-state index in [1.165, 1.54) is 17.4 Å². The van der Waals surface area contributed by atoms with Crippen molar-refractivity contribution in [3.8, 4) is 0 Å². The predicted octanol–water partition coefficient (Wildman–Crippen LogP) is 4.77. The fourth-order valence-corrected chi connectivity index (χ4v) is 4.22. The molecule has 0 aliphatic rings. The molecule has 1 aromatic heterocycles. The van der Waals surface area contributed by atoms with Crippen LogP contribution in [0.2, 0.25) is 0 Å². The Morgan fingerprint density at radius 3 is 2.75 bits per heavy atom. The monoisotopic (exact) mass is 394 g/mol. The molecule has 0 N–H and O–H groups in total. The standard InChI is InChI=1S/C22H19FN2O2S/c1-2-27-13-12-25-20-18(23)8-5-9-19(20)28-22(25)24-21(26)17-11-10-15-6-3-4-7-16(15)14-17/h3-11,14H,2,12-13H2,1H3. The number of nitrogens with zero attached hydrogens (tertiary/aromatic N) is 2. The lowest BCUT2D eigenvalue weighted by atomic mass is 10.1. The van der Waals surface area contributed by atoms with Gasteiger partial charge in [0.25, 0.3) is 5.91 Å². The first-order valence-electron chi connectivity index (χ1n) is 9.11. The second-order valence-corrected chi connectivity index (χ2v) is 7.31. The van der Waals surface area contributed by atoms with Crippen LogP contribution in [0.5, 0.6) is 0 Å². The number of thiazole rings is 1. The number of hydrogen-bond acceptors (Lipinski definition) is 3. The minimum Gasteiger partial charge on any atom is -0.380 e. The number of para-hydroxylation sites is 1. The zero-order valence-corrected chi connectivity index (χ0v) is 16.2. The Bertz CT molecular complexity index is 1230. The van der Waals surface area contributed by atoms with Gasteiger partial charge in [0.1, 0.15) is 5.82 Å². The fourth-order valence-electron chi connectivity index (χ4n) is 3.15. The average Bonchev–Trinajstić information content (AvgIpc) is 3.06. The summed E-state index contributed by atoms with van der Waals surface area (Å²) in [5.74, 6) is -0.673. The highest BCUT2D eigenvalue weighted by atomic mass is 32.1. The topological polar surface area (TPSA) is 43.6 Å². The van der Waals surface area contributed by atoms with Crippen molar-refractivity contribution in [2.75, 3.05) is 13.2 Å². The van der Waals surface area contributed by atoms with Gasteiger partial charge in [-0.1, -0.05) is 47.7 Å². The van der Waals surface area contributed by atoms with Crippen molar-refractivity contribution in [3.63, 3.8) is 0 Å². The highest BCUT2D eigenvalue weighted by molar-refractivity contribution is 7.16. The van der Waals surface area contributed by atoms with Crippen LogP contribution < -0.4 is 4.80 Å². The van der Waals surface area contributed by atoms with Crippen molar-refractivity contribution in [3.05, 3.63) is 76.8 Å². The summed E-state index contributed by atoms with van der Waals surface area (Å²) in [5.41, 5.74) is 0.963. The predicted molar refractivity (Wildman–Crippen MR) is 110 cm³/mol. The molecule has 0 unspecified atom stereocenters. The number of benzene rings is 3. The van der Waals surface area contributed by atoms with Crippen LogP contribution in [0, 0.1) is 5.82 Å². The quantitative estimate of drug-likeness (QED) is 0.458. The molecular weight excluding hydrogens is 375 g/mol. The Kier molecular flexibility index (Phi) is 5.32. The Labute approximate surface area is 165 Å². The SMILES string of the molecule is CCOCCn1c(=NC(=O)c2ccc3ccccc3c2)sc2cccc(F)c21. The zero-order chi connectivity index (χ0) is 19.5. The van der Waals surface area contributed by atoms with Gasteiger partial charge in [-0.25, -0.2) is 4.39 Å². The van der Waals surface area contributed by atoms with Gasteiger partial charge in [-0.3, -0.25) is 4.79 Å². The first kappa shape index (κ1) is 18.5. The molecule has 142 valence electrons. The first-order chi connectivity index (χ1) is 13.7. The Balaban J connectivity index is 1.79. The third-order valence-corrected chi connectivity index (χ3v) is 5.55. The number of ether oxygens (including phenoxy) is 1. The molecule has 0 spiro atoms. The molecule has 1 heterocycles. The van der Waals surface area contributed by atoms with E-state index in [-0.39, 0.29) is 11.7 Å². The molecule has 4 nitrogen and oxygen atoms in total. The third-order valence-electron chi connectivity index (χ3n) is 4.51. The van der Waals surface area contributed by atoms with E-state index in [4.69, 9.17) is 4.74 Å². The molecule has 4 rings (SSSR count). The number of halogens is 1. The van der Waals surface area contributed by atoms with Crippen LogP contribution in [-0.2, 0) is 11.3 Å². The van der Waals surface area contributed by atoms with E-state index in [2.05, 4.69) is 4.99 Å². The summed E-state index contributed by atoms with van der Waals surface area (Å²) in [5, 5.41) is 2.05. The van der Waals surface area contributed by atoms with Crippen molar-refractivity contribution < 1.29 is 13.9 Å². The van der Waals surface area contributed by atoms with E-state index in [0.717, 1.165) is 15.5 Å². The number of hydrogen-bond donors (Lipinski definition) is 0. The molecule has 28 heavy (non-hydrogen) atoms. The molecule has 1 amide bonds. The Morgan fingerprint density at radius 2 is 1.93 bits per heavy atom. The van der Waals surface area contributed by atoms with Gasteiger partial charge >= 0.3 is 0 Å². The number of aromatic nitrogens is 1. The van der Waals surface area contributed by atoms with E-state index >= 15 is 0 Å². The van der Waals surface area contributed by atoms with E-state index in [9.17, 15) is 9.18 Å². The van der Waals surface area contributed by atoms with Crippen LogP contribution in [0.4, 0.5) is 4.39 Å². The summed E-state index contributed by atoms with van der Waals surface area (Å²) in [6.45, 7) is 3.34. The number of carbonyl (C=O) groups excluding carboxylic acids is 1. The second kappa shape index (κ2) is 8.04. The summed E-state index contributed by atoms with van der Waals surface area (Å²) in [7, 11) is 0. The summed E-state index contributed by atoms with van der Waals surface area (Å²) in [6.07, 6.45) is 0. The van der Waals surface area contributed by atoms with Gasteiger partial charge in [0, 0.05) is 18.7 Å². The van der Waals surface area contributed by atoms with Crippen LogP contribution in [0.25, 0.3) is 21.0 Å². The summed E-state index contributed by atoms with van der Waals surface area (Å²) in [4.78, 5) is 17.6. The molecule has 3 aromatic carbocycles. The maximum absolute atomic E-state index is 14.4. The lowest BCUT2D eigenvalue weighted by molar-refractivity contribution is 0.0996. The van der Waals surface area contributed by atoms with Crippen molar-refractivity contribution in [1.29, 1.82) is 0 Å². The normalized spacial score (nSPS) is 12.1. The number of carbonyl (C=O) groups is 1. The molecule has 6 heteroatoms. The molecule has 4 aromatic rings. The molecule has 0 atom stereocenters. The average molecular weight is 394 g/mol. The van der Waals surface area contributed by atoms with Gasteiger partial charge in [-0.2, -0.15) is 4.99 Å². The Hall–Kier alpha value is -2.83. The molecular formula is C22H19FN2O2S. The largest absolute Gasteiger partial charge is 0.380 e. The van der Waals surface area contributed by atoms with Crippen LogP contribution >= 0.6 is 11.3 Å². The minimum absolute atomic E-state index is 0.329. The van der Waals surface area contributed by atoms with Crippen LogP contribution in [0.15, 0.2) is 65.7 Å². The molecule has 0 fully saturated rings. The summed E-state index contributed by atoms with van der Waals surface area (Å²) >= 11 is 1.30. The van der Waals surface area contributed by atoms with Gasteiger partial charge in [-0.15, -0.1) is 0 Å². The smallest absolute Gasteiger partial charge is 0.279 e. The highest BCUT2D eigenvalue weighted by Crippen LogP contribution is 2.21.